The second-order valence-corrected chi connectivity index (χ2v) is 5.16. The Bertz CT molecular complexity index is 564. The van der Waals surface area contributed by atoms with Crippen molar-refractivity contribution in [3.63, 3.8) is 0 Å². The van der Waals surface area contributed by atoms with Gasteiger partial charge >= 0.3 is 0 Å². The van der Waals surface area contributed by atoms with Crippen LogP contribution in [-0.4, -0.2) is 16.1 Å². The van der Waals surface area contributed by atoms with Gasteiger partial charge in [-0.05, 0) is 44.4 Å². The summed E-state index contributed by atoms with van der Waals surface area (Å²) in [5.74, 6) is 1.20. The summed E-state index contributed by atoms with van der Waals surface area (Å²) in [5.41, 5.74) is 9.71. The molecule has 3 heteroatoms. The summed E-state index contributed by atoms with van der Waals surface area (Å²) in [4.78, 5) is 4.83. The first-order valence-electron chi connectivity index (χ1n) is 6.37. The van der Waals surface area contributed by atoms with E-state index < -0.39 is 0 Å². The monoisotopic (exact) mass is 229 g/mol. The molecule has 0 bridgehead atoms. The SMILES string of the molecule is CCn1c(C2(CN)CC2)nc2cc(C)ccc21. The van der Waals surface area contributed by atoms with Crippen molar-refractivity contribution in [2.45, 2.75) is 38.6 Å². The molecule has 0 radical (unpaired) electrons. The van der Waals surface area contributed by atoms with E-state index in [2.05, 4.69) is 36.6 Å². The molecular weight excluding hydrogens is 210 g/mol. The molecule has 1 saturated carbocycles. The molecule has 0 aliphatic heterocycles. The van der Waals surface area contributed by atoms with Crippen LogP contribution in [-0.2, 0) is 12.0 Å². The lowest BCUT2D eigenvalue weighted by Gasteiger charge is -2.13. The molecule has 0 unspecified atom stereocenters. The molecule has 1 aliphatic carbocycles. The quantitative estimate of drug-likeness (QED) is 0.878. The maximum absolute atomic E-state index is 5.92. The number of nitrogens with zero attached hydrogens (tertiary/aromatic N) is 2. The number of nitrogens with two attached hydrogens (primary N) is 1. The predicted octanol–water partition coefficient (Wildman–Crippen LogP) is 2.35. The number of aryl methyl sites for hydroxylation is 2. The lowest BCUT2D eigenvalue weighted by Crippen LogP contribution is -2.24. The average molecular weight is 229 g/mol. The Balaban J connectivity index is 2.24. The molecule has 0 amide bonds. The first kappa shape index (κ1) is 10.8. The van der Waals surface area contributed by atoms with Gasteiger partial charge in [0.25, 0.3) is 0 Å². The van der Waals surface area contributed by atoms with Gasteiger partial charge in [-0.25, -0.2) is 4.98 Å². The molecule has 1 heterocycles. The molecule has 2 aromatic rings. The summed E-state index contributed by atoms with van der Waals surface area (Å²) in [7, 11) is 0. The summed E-state index contributed by atoms with van der Waals surface area (Å²) in [6.45, 7) is 5.98. The highest BCUT2D eigenvalue weighted by Crippen LogP contribution is 2.47. The Hall–Kier alpha value is -1.35. The normalized spacial score (nSPS) is 17.6. The van der Waals surface area contributed by atoms with Crippen LogP contribution in [0.4, 0.5) is 0 Å². The lowest BCUT2D eigenvalue weighted by molar-refractivity contribution is 0.593. The fourth-order valence-corrected chi connectivity index (χ4v) is 2.63. The molecule has 1 aromatic carbocycles. The van der Waals surface area contributed by atoms with Crippen molar-refractivity contribution in [2.24, 2.45) is 5.73 Å². The molecule has 3 nitrogen and oxygen atoms in total. The zero-order valence-corrected chi connectivity index (χ0v) is 10.5. The first-order chi connectivity index (χ1) is 8.20. The molecular formula is C14H19N3. The van der Waals surface area contributed by atoms with Crippen molar-refractivity contribution in [1.29, 1.82) is 0 Å². The van der Waals surface area contributed by atoms with Gasteiger partial charge in [-0.3, -0.25) is 0 Å². The van der Waals surface area contributed by atoms with Gasteiger partial charge < -0.3 is 10.3 Å². The van der Waals surface area contributed by atoms with Gasteiger partial charge in [0.15, 0.2) is 0 Å². The van der Waals surface area contributed by atoms with Gasteiger partial charge in [-0.15, -0.1) is 0 Å². The van der Waals surface area contributed by atoms with Gasteiger partial charge in [0.2, 0.25) is 0 Å². The number of hydrogen-bond acceptors (Lipinski definition) is 2. The van der Waals surface area contributed by atoms with Crippen LogP contribution in [0.15, 0.2) is 18.2 Å². The van der Waals surface area contributed by atoms with Gasteiger partial charge in [0.05, 0.1) is 11.0 Å². The Labute approximate surface area is 102 Å². The second kappa shape index (κ2) is 3.57. The van der Waals surface area contributed by atoms with E-state index in [1.54, 1.807) is 0 Å². The standard InChI is InChI=1S/C14H19N3/c1-3-17-12-5-4-10(2)8-11(12)16-13(17)14(9-15)6-7-14/h4-5,8H,3,6-7,9,15H2,1-2H3. The van der Waals surface area contributed by atoms with Crippen molar-refractivity contribution in [3.8, 4) is 0 Å². The third kappa shape index (κ3) is 1.49. The van der Waals surface area contributed by atoms with Crippen LogP contribution >= 0.6 is 0 Å². The number of rotatable bonds is 3. The Morgan fingerprint density at radius 2 is 2.18 bits per heavy atom. The summed E-state index contributed by atoms with van der Waals surface area (Å²) in [6, 6.07) is 6.50. The predicted molar refractivity (Wildman–Crippen MR) is 70.1 cm³/mol. The van der Waals surface area contributed by atoms with Gasteiger partial charge in [0, 0.05) is 18.5 Å². The van der Waals surface area contributed by atoms with E-state index in [9.17, 15) is 0 Å². The minimum absolute atomic E-state index is 0.170. The highest BCUT2D eigenvalue weighted by Gasteiger charge is 2.46. The topological polar surface area (TPSA) is 43.8 Å². The third-order valence-electron chi connectivity index (χ3n) is 3.94. The van der Waals surface area contributed by atoms with Crippen molar-refractivity contribution in [1.82, 2.24) is 9.55 Å². The van der Waals surface area contributed by atoms with Gasteiger partial charge in [0.1, 0.15) is 5.82 Å². The molecule has 0 spiro atoms. The van der Waals surface area contributed by atoms with Gasteiger partial charge in [-0.1, -0.05) is 6.07 Å². The lowest BCUT2D eigenvalue weighted by atomic mass is 10.1. The molecule has 1 aliphatic rings. The molecule has 0 saturated heterocycles. The number of benzene rings is 1. The minimum Gasteiger partial charge on any atom is -0.329 e. The first-order valence-corrected chi connectivity index (χ1v) is 6.37. The highest BCUT2D eigenvalue weighted by atomic mass is 15.1. The highest BCUT2D eigenvalue weighted by molar-refractivity contribution is 5.77. The zero-order chi connectivity index (χ0) is 12.0. The maximum Gasteiger partial charge on any atom is 0.117 e. The summed E-state index contributed by atoms with van der Waals surface area (Å²) >= 11 is 0. The number of hydrogen-bond donors (Lipinski definition) is 1. The minimum atomic E-state index is 0.170. The smallest absolute Gasteiger partial charge is 0.117 e. The number of fused-ring (bicyclic) bond motifs is 1. The zero-order valence-electron chi connectivity index (χ0n) is 10.5. The molecule has 0 atom stereocenters. The molecule has 90 valence electrons. The van der Waals surface area contributed by atoms with Crippen LogP contribution in [0.2, 0.25) is 0 Å². The van der Waals surface area contributed by atoms with Crippen LogP contribution in [0.3, 0.4) is 0 Å². The molecule has 3 rings (SSSR count). The fourth-order valence-electron chi connectivity index (χ4n) is 2.63. The molecule has 17 heavy (non-hydrogen) atoms. The third-order valence-corrected chi connectivity index (χ3v) is 3.94. The largest absolute Gasteiger partial charge is 0.329 e. The van der Waals surface area contributed by atoms with E-state index in [-0.39, 0.29) is 5.41 Å². The van der Waals surface area contributed by atoms with E-state index >= 15 is 0 Å². The number of imidazole rings is 1. The molecule has 1 fully saturated rings. The fraction of sp³-hybridized carbons (Fsp3) is 0.500. The second-order valence-electron chi connectivity index (χ2n) is 5.16. The van der Waals surface area contributed by atoms with Crippen LogP contribution in [0.25, 0.3) is 11.0 Å². The summed E-state index contributed by atoms with van der Waals surface area (Å²) in [5, 5.41) is 0. The summed E-state index contributed by atoms with van der Waals surface area (Å²) in [6.07, 6.45) is 2.37. The van der Waals surface area contributed by atoms with E-state index in [4.69, 9.17) is 10.7 Å². The van der Waals surface area contributed by atoms with E-state index in [0.29, 0.717) is 0 Å². The molecule has 2 N–H and O–H groups in total. The number of aromatic nitrogens is 2. The van der Waals surface area contributed by atoms with Crippen molar-refractivity contribution in [3.05, 3.63) is 29.6 Å². The Morgan fingerprint density at radius 1 is 1.41 bits per heavy atom. The van der Waals surface area contributed by atoms with Crippen LogP contribution in [0, 0.1) is 6.92 Å². The van der Waals surface area contributed by atoms with Crippen LogP contribution < -0.4 is 5.73 Å². The Morgan fingerprint density at radius 3 is 2.76 bits per heavy atom. The summed E-state index contributed by atoms with van der Waals surface area (Å²) < 4.78 is 2.33. The van der Waals surface area contributed by atoms with E-state index in [1.165, 1.54) is 29.7 Å². The molecule has 1 aromatic heterocycles. The van der Waals surface area contributed by atoms with Crippen molar-refractivity contribution < 1.29 is 0 Å². The van der Waals surface area contributed by atoms with Crippen molar-refractivity contribution in [2.75, 3.05) is 6.54 Å². The maximum atomic E-state index is 5.92. The average Bonchev–Trinajstić information content (AvgIpc) is 3.04. The van der Waals surface area contributed by atoms with Gasteiger partial charge in [-0.2, -0.15) is 0 Å². The Kier molecular flexibility index (Phi) is 2.26. The van der Waals surface area contributed by atoms with Crippen molar-refractivity contribution >= 4 is 11.0 Å². The van der Waals surface area contributed by atoms with Crippen LogP contribution in [0.1, 0.15) is 31.2 Å². The van der Waals surface area contributed by atoms with E-state index in [1.807, 2.05) is 0 Å². The van der Waals surface area contributed by atoms with E-state index in [0.717, 1.165) is 18.6 Å². The van der Waals surface area contributed by atoms with Crippen LogP contribution in [0.5, 0.6) is 0 Å².